The lowest BCUT2D eigenvalue weighted by Gasteiger charge is -2.37. The summed E-state index contributed by atoms with van der Waals surface area (Å²) >= 11 is 6.58. The summed E-state index contributed by atoms with van der Waals surface area (Å²) in [5.74, 6) is 1.25. The molecule has 0 aliphatic carbocycles. The molecule has 0 bridgehead atoms. The van der Waals surface area contributed by atoms with Gasteiger partial charge in [0, 0.05) is 38.9 Å². The first-order chi connectivity index (χ1) is 17.0. The van der Waals surface area contributed by atoms with Crippen LogP contribution in [-0.2, 0) is 4.79 Å². The van der Waals surface area contributed by atoms with Crippen LogP contribution in [-0.4, -0.2) is 64.3 Å². The quantitative estimate of drug-likeness (QED) is 0.385. The van der Waals surface area contributed by atoms with E-state index in [0.717, 1.165) is 24.5 Å². The van der Waals surface area contributed by atoms with Gasteiger partial charge in [0.1, 0.15) is 21.5 Å². The first-order valence-corrected chi connectivity index (χ1v) is 12.6. The molecule has 2 aromatic heterocycles. The van der Waals surface area contributed by atoms with Crippen molar-refractivity contribution in [2.24, 2.45) is 0 Å². The van der Waals surface area contributed by atoms with E-state index in [1.165, 1.54) is 16.2 Å². The zero-order valence-corrected chi connectivity index (χ0v) is 21.1. The molecule has 0 atom stereocenters. The van der Waals surface area contributed by atoms with Gasteiger partial charge in [0.05, 0.1) is 23.3 Å². The monoisotopic (exact) mass is 507 g/mol. The first-order valence-electron chi connectivity index (χ1n) is 11.4. The summed E-state index contributed by atoms with van der Waals surface area (Å²) in [5.41, 5.74) is 1.80. The Morgan fingerprint density at radius 2 is 1.77 bits per heavy atom. The summed E-state index contributed by atoms with van der Waals surface area (Å²) in [4.78, 5) is 37.6. The van der Waals surface area contributed by atoms with Gasteiger partial charge in [0.15, 0.2) is 0 Å². The molecule has 2 aliphatic heterocycles. The Balaban J connectivity index is 1.52. The molecule has 5 rings (SSSR count). The number of nitrogens with zero attached hydrogens (tertiary/aromatic N) is 5. The van der Waals surface area contributed by atoms with E-state index >= 15 is 0 Å². The number of piperazine rings is 1. The van der Waals surface area contributed by atoms with E-state index in [1.54, 1.807) is 30.3 Å². The van der Waals surface area contributed by atoms with E-state index in [9.17, 15) is 9.59 Å². The molecule has 0 saturated carbocycles. The highest BCUT2D eigenvalue weighted by molar-refractivity contribution is 8.26. The number of amides is 1. The minimum atomic E-state index is -0.209. The van der Waals surface area contributed by atoms with Crippen LogP contribution in [0.15, 0.2) is 58.4 Å². The summed E-state index contributed by atoms with van der Waals surface area (Å²) in [6, 6.07) is 13.4. The minimum Gasteiger partial charge on any atom is -0.495 e. The molecule has 4 heterocycles. The number of hydrogen-bond donors (Lipinski definition) is 0. The molecule has 1 amide bonds. The number of para-hydroxylation sites is 2. The van der Waals surface area contributed by atoms with Gasteiger partial charge in [-0.1, -0.05) is 42.2 Å². The number of hydrogen-bond acceptors (Lipinski definition) is 8. The summed E-state index contributed by atoms with van der Waals surface area (Å²) in [5, 5.41) is 0. The molecule has 2 fully saturated rings. The van der Waals surface area contributed by atoms with Gasteiger partial charge in [-0.25, -0.2) is 4.98 Å². The van der Waals surface area contributed by atoms with Gasteiger partial charge >= 0.3 is 0 Å². The van der Waals surface area contributed by atoms with Crippen molar-refractivity contribution in [3.63, 3.8) is 0 Å². The van der Waals surface area contributed by atoms with E-state index < -0.39 is 0 Å². The molecular weight excluding hydrogens is 482 g/mol. The van der Waals surface area contributed by atoms with Crippen molar-refractivity contribution in [3.8, 4) is 5.75 Å². The van der Waals surface area contributed by atoms with Crippen molar-refractivity contribution >= 4 is 57.4 Å². The van der Waals surface area contributed by atoms with Crippen LogP contribution in [0.2, 0.25) is 0 Å². The number of rotatable bonds is 5. The van der Waals surface area contributed by atoms with Crippen molar-refractivity contribution in [2.75, 3.05) is 49.6 Å². The van der Waals surface area contributed by atoms with Crippen LogP contribution in [0, 0.1) is 0 Å². The second-order valence-electron chi connectivity index (χ2n) is 8.15. The number of ether oxygens (including phenoxy) is 1. The number of carbonyl (C=O) groups excluding carboxylic acids is 1. The Labute approximate surface area is 212 Å². The second-order valence-corrected chi connectivity index (χ2v) is 9.83. The maximum absolute atomic E-state index is 13.5. The first kappa shape index (κ1) is 23.4. The molecule has 8 nitrogen and oxygen atoms in total. The number of carbonyl (C=O) groups is 1. The van der Waals surface area contributed by atoms with Crippen LogP contribution in [0.25, 0.3) is 11.7 Å². The summed E-state index contributed by atoms with van der Waals surface area (Å²) in [7, 11) is 1.68. The number of thiocarbonyl (C=S) groups is 1. The highest BCUT2D eigenvalue weighted by Crippen LogP contribution is 2.34. The normalized spacial score (nSPS) is 17.7. The van der Waals surface area contributed by atoms with E-state index in [2.05, 4.69) is 15.9 Å². The molecule has 2 saturated heterocycles. The fourth-order valence-electron chi connectivity index (χ4n) is 4.41. The fraction of sp³-hybridized carbons (Fsp3) is 0.280. The number of anilines is 2. The Bertz CT molecular complexity index is 1400. The minimum absolute atomic E-state index is 0.174. The third-order valence-corrected chi connectivity index (χ3v) is 7.60. The predicted molar refractivity (Wildman–Crippen MR) is 144 cm³/mol. The highest BCUT2D eigenvalue weighted by Gasteiger charge is 2.32. The topological polar surface area (TPSA) is 70.4 Å². The molecule has 3 aromatic rings. The number of aromatic nitrogens is 2. The van der Waals surface area contributed by atoms with Crippen LogP contribution < -0.4 is 20.1 Å². The molecule has 35 heavy (non-hydrogen) atoms. The van der Waals surface area contributed by atoms with Gasteiger partial charge in [-0.3, -0.25) is 18.9 Å². The van der Waals surface area contributed by atoms with Gasteiger partial charge < -0.3 is 14.5 Å². The summed E-state index contributed by atoms with van der Waals surface area (Å²) in [6.45, 7) is 5.21. The number of thioether (sulfide) groups is 1. The maximum atomic E-state index is 13.5. The van der Waals surface area contributed by atoms with Crippen LogP contribution in [0.4, 0.5) is 11.5 Å². The predicted octanol–water partition coefficient (Wildman–Crippen LogP) is 3.25. The van der Waals surface area contributed by atoms with Crippen LogP contribution >= 0.6 is 24.0 Å². The molecular formula is C25H25N5O3S2. The van der Waals surface area contributed by atoms with Gasteiger partial charge in [0.25, 0.3) is 11.5 Å². The van der Waals surface area contributed by atoms with E-state index in [0.29, 0.717) is 45.9 Å². The lowest BCUT2D eigenvalue weighted by Crippen LogP contribution is -2.47. The zero-order valence-electron chi connectivity index (χ0n) is 19.5. The molecule has 1 aromatic carbocycles. The van der Waals surface area contributed by atoms with Gasteiger partial charge in [-0.05, 0) is 37.3 Å². The summed E-state index contributed by atoms with van der Waals surface area (Å²) < 4.78 is 7.55. The molecule has 0 unspecified atom stereocenters. The standard InChI is InChI=1S/C25H25N5O3S2/c1-3-29-24(32)20(35-25(29)34)16-17-22(26-21-10-6-7-11-30(21)23(17)31)28-14-12-27(13-15-28)18-8-4-5-9-19(18)33-2/h4-11,16H,3,12-15H2,1-2H3. The third-order valence-electron chi connectivity index (χ3n) is 6.22. The van der Waals surface area contributed by atoms with E-state index in [4.69, 9.17) is 21.9 Å². The smallest absolute Gasteiger partial charge is 0.267 e. The van der Waals surface area contributed by atoms with Crippen LogP contribution in [0.5, 0.6) is 5.75 Å². The second kappa shape index (κ2) is 9.71. The SMILES string of the molecule is CCN1C(=O)C(=Cc2c(N3CCN(c4ccccc4OC)CC3)nc3ccccn3c2=O)SC1=S. The number of benzene rings is 1. The Kier molecular flexibility index (Phi) is 6.48. The number of fused-ring (bicyclic) bond motifs is 1. The van der Waals surface area contributed by atoms with E-state index in [1.807, 2.05) is 37.3 Å². The maximum Gasteiger partial charge on any atom is 0.267 e. The number of likely N-dealkylation sites (N-methyl/N-ethyl adjacent to an activating group) is 1. The van der Waals surface area contributed by atoms with Crippen molar-refractivity contribution < 1.29 is 9.53 Å². The van der Waals surface area contributed by atoms with E-state index in [-0.39, 0.29) is 11.5 Å². The van der Waals surface area contributed by atoms with Gasteiger partial charge in [-0.15, -0.1) is 0 Å². The molecule has 2 aliphatic rings. The molecule has 0 radical (unpaired) electrons. The molecule has 180 valence electrons. The zero-order chi connectivity index (χ0) is 24.5. The molecule has 0 N–H and O–H groups in total. The number of pyridine rings is 1. The average Bonchev–Trinajstić information content (AvgIpc) is 3.17. The van der Waals surface area contributed by atoms with Crippen LogP contribution in [0.1, 0.15) is 12.5 Å². The lowest BCUT2D eigenvalue weighted by atomic mass is 10.2. The fourth-order valence-corrected chi connectivity index (χ4v) is 5.78. The Hall–Kier alpha value is -3.37. The highest BCUT2D eigenvalue weighted by atomic mass is 32.2. The average molecular weight is 508 g/mol. The Morgan fingerprint density at radius 1 is 1.06 bits per heavy atom. The molecule has 0 spiro atoms. The molecule has 10 heteroatoms. The third kappa shape index (κ3) is 4.28. The summed E-state index contributed by atoms with van der Waals surface area (Å²) in [6.07, 6.45) is 3.36. The largest absolute Gasteiger partial charge is 0.495 e. The van der Waals surface area contributed by atoms with Crippen molar-refractivity contribution in [3.05, 3.63) is 69.5 Å². The van der Waals surface area contributed by atoms with Crippen LogP contribution in [0.3, 0.4) is 0 Å². The van der Waals surface area contributed by atoms with Gasteiger partial charge in [0.2, 0.25) is 0 Å². The lowest BCUT2D eigenvalue weighted by molar-refractivity contribution is -0.121. The van der Waals surface area contributed by atoms with Crippen molar-refractivity contribution in [2.45, 2.75) is 6.92 Å². The number of methoxy groups -OCH3 is 1. The van der Waals surface area contributed by atoms with Crippen molar-refractivity contribution in [1.82, 2.24) is 14.3 Å². The van der Waals surface area contributed by atoms with Crippen molar-refractivity contribution in [1.29, 1.82) is 0 Å². The Morgan fingerprint density at radius 3 is 2.49 bits per heavy atom. The van der Waals surface area contributed by atoms with Gasteiger partial charge in [-0.2, -0.15) is 0 Å².